The highest BCUT2D eigenvalue weighted by Gasteiger charge is 2.10. The van der Waals surface area contributed by atoms with Gasteiger partial charge in [-0.25, -0.2) is 19.7 Å². The van der Waals surface area contributed by atoms with E-state index in [-0.39, 0.29) is 6.03 Å². The molecule has 0 bridgehead atoms. The molecule has 3 heterocycles. The van der Waals surface area contributed by atoms with Gasteiger partial charge in [0.2, 0.25) is 0 Å². The smallest absolute Gasteiger partial charge is 0.325 e. The fourth-order valence-electron chi connectivity index (χ4n) is 2.75. The number of urea groups is 1. The van der Waals surface area contributed by atoms with Crippen molar-refractivity contribution in [3.05, 3.63) is 58.2 Å². The van der Waals surface area contributed by atoms with Gasteiger partial charge in [-0.05, 0) is 42.5 Å². The summed E-state index contributed by atoms with van der Waals surface area (Å²) in [5.74, 6) is 0.809. The lowest BCUT2D eigenvalue weighted by atomic mass is 10.2. The van der Waals surface area contributed by atoms with Crippen LogP contribution in [-0.4, -0.2) is 21.0 Å². The third-order valence-corrected chi connectivity index (χ3v) is 5.95. The fraction of sp³-hybridized carbons (Fsp3) is 0.158. The number of aryl methyl sites for hydroxylation is 2. The van der Waals surface area contributed by atoms with E-state index in [1.165, 1.54) is 11.3 Å². The predicted molar refractivity (Wildman–Crippen MR) is 115 cm³/mol. The summed E-state index contributed by atoms with van der Waals surface area (Å²) in [6, 6.07) is 7.32. The molecule has 1 aromatic carbocycles. The molecule has 0 spiro atoms. The minimum absolute atomic E-state index is 0.314. The molecular formula is C19H18N6OS2. The molecule has 0 unspecified atom stereocenters. The standard InChI is InChI=1S/C19H18N6OS2/c1-11-4-3-5-13(6-11)24-18(26)25-19-21-8-14(28-19)7-20-16-15-12(2)9-27-17(15)23-10-22-16/h3-6,8-10H,7H2,1-2H3,(H,20,22,23)(H2,21,24,25,26). The van der Waals surface area contributed by atoms with Gasteiger partial charge in [-0.15, -0.1) is 11.3 Å². The Kier molecular flexibility index (Phi) is 5.18. The van der Waals surface area contributed by atoms with E-state index in [1.54, 1.807) is 23.9 Å². The monoisotopic (exact) mass is 410 g/mol. The van der Waals surface area contributed by atoms with Crippen LogP contribution in [0.15, 0.2) is 42.2 Å². The van der Waals surface area contributed by atoms with Gasteiger partial charge in [0.25, 0.3) is 0 Å². The Balaban J connectivity index is 1.37. The summed E-state index contributed by atoms with van der Waals surface area (Å²) < 4.78 is 0. The molecule has 0 fully saturated rings. The number of aromatic nitrogens is 3. The molecule has 2 amide bonds. The van der Waals surface area contributed by atoms with Crippen LogP contribution in [0.4, 0.5) is 21.4 Å². The number of rotatable bonds is 5. The number of nitrogens with zero attached hydrogens (tertiary/aromatic N) is 3. The van der Waals surface area contributed by atoms with E-state index in [1.807, 2.05) is 31.2 Å². The van der Waals surface area contributed by atoms with Gasteiger partial charge in [-0.1, -0.05) is 23.5 Å². The molecule has 142 valence electrons. The maximum Gasteiger partial charge on any atom is 0.325 e. The predicted octanol–water partition coefficient (Wildman–Crippen LogP) is 5.02. The zero-order valence-corrected chi connectivity index (χ0v) is 16.9. The van der Waals surface area contributed by atoms with Crippen LogP contribution in [0.3, 0.4) is 0 Å². The van der Waals surface area contributed by atoms with Crippen molar-refractivity contribution in [2.45, 2.75) is 20.4 Å². The first-order valence-electron chi connectivity index (χ1n) is 8.60. The zero-order chi connectivity index (χ0) is 19.5. The summed E-state index contributed by atoms with van der Waals surface area (Å²) in [5.41, 5.74) is 2.98. The van der Waals surface area contributed by atoms with Gasteiger partial charge < -0.3 is 10.6 Å². The van der Waals surface area contributed by atoms with E-state index in [0.717, 1.165) is 37.7 Å². The van der Waals surface area contributed by atoms with E-state index in [0.29, 0.717) is 11.7 Å². The maximum atomic E-state index is 12.1. The largest absolute Gasteiger partial charge is 0.364 e. The van der Waals surface area contributed by atoms with Gasteiger partial charge in [0, 0.05) is 16.8 Å². The molecule has 3 aromatic heterocycles. The van der Waals surface area contributed by atoms with Crippen LogP contribution >= 0.6 is 22.7 Å². The number of hydrogen-bond donors (Lipinski definition) is 3. The molecule has 0 atom stereocenters. The summed E-state index contributed by atoms with van der Waals surface area (Å²) in [7, 11) is 0. The molecule has 0 saturated carbocycles. The maximum absolute atomic E-state index is 12.1. The van der Waals surface area contributed by atoms with Gasteiger partial charge >= 0.3 is 6.03 Å². The molecule has 0 aliphatic carbocycles. The number of nitrogens with one attached hydrogen (secondary N) is 3. The van der Waals surface area contributed by atoms with E-state index in [4.69, 9.17) is 0 Å². The Morgan fingerprint density at radius 1 is 1.14 bits per heavy atom. The van der Waals surface area contributed by atoms with Crippen LogP contribution < -0.4 is 16.0 Å². The summed E-state index contributed by atoms with van der Waals surface area (Å²) in [5, 5.41) is 12.6. The summed E-state index contributed by atoms with van der Waals surface area (Å²) in [6.07, 6.45) is 3.31. The van der Waals surface area contributed by atoms with Crippen LogP contribution in [-0.2, 0) is 6.54 Å². The highest BCUT2D eigenvalue weighted by atomic mass is 32.1. The molecule has 0 aliphatic rings. The topological polar surface area (TPSA) is 91.8 Å². The number of fused-ring (bicyclic) bond motifs is 1. The van der Waals surface area contributed by atoms with Crippen molar-refractivity contribution in [1.29, 1.82) is 0 Å². The number of carbonyl (C=O) groups is 1. The Hall–Kier alpha value is -3.04. The van der Waals surface area contributed by atoms with Gasteiger partial charge in [0.1, 0.15) is 17.0 Å². The van der Waals surface area contributed by atoms with E-state index in [2.05, 4.69) is 43.2 Å². The second kappa shape index (κ2) is 7.91. The van der Waals surface area contributed by atoms with E-state index < -0.39 is 0 Å². The fourth-order valence-corrected chi connectivity index (χ4v) is 4.39. The minimum atomic E-state index is -0.314. The molecule has 9 heteroatoms. The molecular weight excluding hydrogens is 392 g/mol. The number of anilines is 3. The lowest BCUT2D eigenvalue weighted by Crippen LogP contribution is -2.19. The van der Waals surface area contributed by atoms with E-state index >= 15 is 0 Å². The summed E-state index contributed by atoms with van der Waals surface area (Å²) in [6.45, 7) is 4.60. The van der Waals surface area contributed by atoms with Gasteiger partial charge in [0.15, 0.2) is 5.13 Å². The Labute approximate surface area is 169 Å². The van der Waals surface area contributed by atoms with Crippen molar-refractivity contribution in [3.63, 3.8) is 0 Å². The Morgan fingerprint density at radius 2 is 2.04 bits per heavy atom. The average molecular weight is 411 g/mol. The quantitative estimate of drug-likeness (QED) is 0.430. The van der Waals surface area contributed by atoms with Gasteiger partial charge in [-0.3, -0.25) is 5.32 Å². The molecule has 4 aromatic rings. The second-order valence-corrected chi connectivity index (χ2v) is 8.23. The van der Waals surface area contributed by atoms with Crippen LogP contribution in [0.5, 0.6) is 0 Å². The molecule has 0 radical (unpaired) electrons. The third kappa shape index (κ3) is 4.10. The molecule has 3 N–H and O–H groups in total. The summed E-state index contributed by atoms with van der Waals surface area (Å²) in [4.78, 5) is 27.0. The van der Waals surface area contributed by atoms with Crippen molar-refractivity contribution < 1.29 is 4.79 Å². The molecule has 0 saturated heterocycles. The third-order valence-electron chi connectivity index (χ3n) is 4.03. The number of thiophene rings is 1. The first-order chi connectivity index (χ1) is 13.6. The van der Waals surface area contributed by atoms with Gasteiger partial charge in [-0.2, -0.15) is 0 Å². The Morgan fingerprint density at radius 3 is 2.89 bits per heavy atom. The number of amides is 2. The number of thiazole rings is 1. The lowest BCUT2D eigenvalue weighted by Gasteiger charge is -2.06. The van der Waals surface area contributed by atoms with E-state index in [9.17, 15) is 4.79 Å². The minimum Gasteiger partial charge on any atom is -0.364 e. The normalized spacial score (nSPS) is 10.8. The van der Waals surface area contributed by atoms with Crippen LogP contribution in [0.25, 0.3) is 10.2 Å². The summed E-state index contributed by atoms with van der Waals surface area (Å²) >= 11 is 3.03. The average Bonchev–Trinajstić information content (AvgIpc) is 3.27. The van der Waals surface area contributed by atoms with Crippen molar-refractivity contribution in [1.82, 2.24) is 15.0 Å². The molecule has 0 aliphatic heterocycles. The highest BCUT2D eigenvalue weighted by molar-refractivity contribution is 7.17. The van der Waals surface area contributed by atoms with Crippen LogP contribution in [0.2, 0.25) is 0 Å². The van der Waals surface area contributed by atoms with Crippen molar-refractivity contribution in [2.24, 2.45) is 0 Å². The SMILES string of the molecule is Cc1cccc(NC(=O)Nc2ncc(CNc3ncnc4scc(C)c34)s2)c1. The zero-order valence-electron chi connectivity index (χ0n) is 15.3. The van der Waals surface area contributed by atoms with Crippen LogP contribution in [0.1, 0.15) is 16.0 Å². The molecule has 4 rings (SSSR count). The van der Waals surface area contributed by atoms with Crippen molar-refractivity contribution >= 4 is 55.6 Å². The molecule has 28 heavy (non-hydrogen) atoms. The number of benzene rings is 1. The first kappa shape index (κ1) is 18.3. The number of hydrogen-bond acceptors (Lipinski definition) is 7. The highest BCUT2D eigenvalue weighted by Crippen LogP contribution is 2.29. The van der Waals surface area contributed by atoms with Gasteiger partial charge in [0.05, 0.1) is 11.9 Å². The number of carbonyl (C=O) groups excluding carboxylic acids is 1. The molecule has 7 nitrogen and oxygen atoms in total. The first-order valence-corrected chi connectivity index (χ1v) is 10.3. The second-order valence-electron chi connectivity index (χ2n) is 6.26. The van der Waals surface area contributed by atoms with Crippen molar-refractivity contribution in [3.8, 4) is 0 Å². The Bertz CT molecular complexity index is 1140. The van der Waals surface area contributed by atoms with Crippen LogP contribution in [0, 0.1) is 13.8 Å². The van der Waals surface area contributed by atoms with Crippen molar-refractivity contribution in [2.75, 3.05) is 16.0 Å². The lowest BCUT2D eigenvalue weighted by molar-refractivity contribution is 0.262.